The lowest BCUT2D eigenvalue weighted by Crippen LogP contribution is -2.35. The summed E-state index contributed by atoms with van der Waals surface area (Å²) < 4.78 is 16.9. The molecule has 0 unspecified atom stereocenters. The maximum atomic E-state index is 13.0. The Labute approximate surface area is 154 Å². The van der Waals surface area contributed by atoms with Gasteiger partial charge in [-0.15, -0.1) is 0 Å². The van der Waals surface area contributed by atoms with E-state index in [-0.39, 0.29) is 18.8 Å². The first-order valence-corrected chi connectivity index (χ1v) is 9.46. The highest BCUT2D eigenvalue weighted by atomic mass is 16.7. The molecule has 2 heterocycles. The van der Waals surface area contributed by atoms with Crippen molar-refractivity contribution in [3.8, 4) is 17.2 Å². The lowest BCUT2D eigenvalue weighted by molar-refractivity contribution is -0.124. The molecule has 1 aromatic carbocycles. The number of carbonyl (C=O) groups is 1. The predicted molar refractivity (Wildman–Crippen MR) is 98.9 cm³/mol. The lowest BCUT2D eigenvalue weighted by atomic mass is 9.82. The smallest absolute Gasteiger partial charge is 0.231 e. The van der Waals surface area contributed by atoms with Gasteiger partial charge < -0.3 is 14.2 Å². The zero-order valence-electron chi connectivity index (χ0n) is 15.8. The van der Waals surface area contributed by atoms with E-state index in [1.807, 2.05) is 0 Å². The number of methoxy groups -OCH3 is 1. The Bertz CT molecular complexity index is 755. The minimum Gasteiger partial charge on any atom is -0.492 e. The molecule has 1 aliphatic carbocycles. The average molecular weight is 357 g/mol. The van der Waals surface area contributed by atoms with Crippen molar-refractivity contribution in [3.05, 3.63) is 28.8 Å². The highest BCUT2D eigenvalue weighted by molar-refractivity contribution is 5.82. The number of benzene rings is 1. The van der Waals surface area contributed by atoms with Crippen LogP contribution >= 0.6 is 0 Å². The van der Waals surface area contributed by atoms with E-state index in [1.165, 1.54) is 11.1 Å². The standard InChI is InChI=1S/C21H27NO4/c1-13-4-6-14(7-5-13)17(23)11-16-19-15(8-9-22(16)2)10-18-20(21(19)24-3)26-12-25-18/h4,10,14,16H,5-9,11-12H2,1-3H3/t14-,16+/m0/s1. The fourth-order valence-electron chi connectivity index (χ4n) is 4.40. The summed E-state index contributed by atoms with van der Waals surface area (Å²) in [5.41, 5.74) is 3.71. The normalized spacial score (nSPS) is 24.8. The number of carbonyl (C=O) groups excluding carboxylic acids is 1. The monoisotopic (exact) mass is 357 g/mol. The highest BCUT2D eigenvalue weighted by Gasteiger charge is 2.36. The van der Waals surface area contributed by atoms with Crippen LogP contribution in [-0.4, -0.2) is 38.2 Å². The minimum atomic E-state index is 0.0303. The van der Waals surface area contributed by atoms with Crippen molar-refractivity contribution >= 4 is 5.78 Å². The van der Waals surface area contributed by atoms with E-state index in [9.17, 15) is 4.79 Å². The molecule has 0 bridgehead atoms. The maximum Gasteiger partial charge on any atom is 0.231 e. The molecule has 140 valence electrons. The van der Waals surface area contributed by atoms with Crippen molar-refractivity contribution in [2.45, 2.75) is 45.1 Å². The number of hydrogen-bond donors (Lipinski definition) is 0. The van der Waals surface area contributed by atoms with Crippen molar-refractivity contribution in [1.29, 1.82) is 0 Å². The highest BCUT2D eigenvalue weighted by Crippen LogP contribution is 2.50. The van der Waals surface area contributed by atoms with Gasteiger partial charge in [0.15, 0.2) is 11.5 Å². The Kier molecular flexibility index (Phi) is 4.65. The summed E-state index contributed by atoms with van der Waals surface area (Å²) >= 11 is 0. The minimum absolute atomic E-state index is 0.0303. The topological polar surface area (TPSA) is 48.0 Å². The number of likely N-dealkylation sites (N-methyl/N-ethyl adjacent to an activating group) is 1. The van der Waals surface area contributed by atoms with E-state index in [0.717, 1.165) is 49.3 Å². The first kappa shape index (κ1) is 17.4. The van der Waals surface area contributed by atoms with Crippen LogP contribution in [0.15, 0.2) is 17.7 Å². The second-order valence-corrected chi connectivity index (χ2v) is 7.66. The molecule has 5 heteroatoms. The van der Waals surface area contributed by atoms with Gasteiger partial charge in [-0.25, -0.2) is 0 Å². The molecule has 0 radical (unpaired) electrons. The van der Waals surface area contributed by atoms with Crippen LogP contribution in [-0.2, 0) is 11.2 Å². The van der Waals surface area contributed by atoms with Crippen LogP contribution in [0.3, 0.4) is 0 Å². The second kappa shape index (κ2) is 6.95. The van der Waals surface area contributed by atoms with Gasteiger partial charge in [-0.1, -0.05) is 11.6 Å². The molecule has 26 heavy (non-hydrogen) atoms. The van der Waals surface area contributed by atoms with Crippen molar-refractivity contribution in [1.82, 2.24) is 4.90 Å². The quantitative estimate of drug-likeness (QED) is 0.770. The molecule has 0 saturated carbocycles. The van der Waals surface area contributed by atoms with Gasteiger partial charge in [0.25, 0.3) is 0 Å². The Balaban J connectivity index is 1.64. The van der Waals surface area contributed by atoms with Crippen LogP contribution in [0.2, 0.25) is 0 Å². The zero-order chi connectivity index (χ0) is 18.3. The van der Waals surface area contributed by atoms with E-state index in [1.54, 1.807) is 7.11 Å². The summed E-state index contributed by atoms with van der Waals surface area (Å²) in [7, 11) is 3.76. The Morgan fingerprint density at radius 1 is 1.35 bits per heavy atom. The van der Waals surface area contributed by atoms with Crippen molar-refractivity contribution < 1.29 is 19.0 Å². The largest absolute Gasteiger partial charge is 0.492 e. The predicted octanol–water partition coefficient (Wildman–Crippen LogP) is 3.66. The summed E-state index contributed by atoms with van der Waals surface area (Å²) in [6.45, 7) is 3.30. The van der Waals surface area contributed by atoms with Crippen LogP contribution < -0.4 is 14.2 Å². The van der Waals surface area contributed by atoms with Gasteiger partial charge in [-0.3, -0.25) is 9.69 Å². The van der Waals surface area contributed by atoms with Crippen molar-refractivity contribution in [3.63, 3.8) is 0 Å². The van der Waals surface area contributed by atoms with Gasteiger partial charge in [0.2, 0.25) is 12.5 Å². The van der Waals surface area contributed by atoms with Crippen LogP contribution in [0, 0.1) is 5.92 Å². The fourth-order valence-corrected chi connectivity index (χ4v) is 4.40. The van der Waals surface area contributed by atoms with E-state index in [4.69, 9.17) is 14.2 Å². The Morgan fingerprint density at radius 3 is 2.92 bits per heavy atom. The van der Waals surface area contributed by atoms with Crippen molar-refractivity contribution in [2.24, 2.45) is 5.92 Å². The van der Waals surface area contributed by atoms with E-state index in [2.05, 4.69) is 31.0 Å². The summed E-state index contributed by atoms with van der Waals surface area (Å²) in [5.74, 6) is 2.67. The third-order valence-corrected chi connectivity index (χ3v) is 6.03. The molecule has 2 aliphatic heterocycles. The van der Waals surface area contributed by atoms with Crippen LogP contribution in [0.25, 0.3) is 0 Å². The number of hydrogen-bond acceptors (Lipinski definition) is 5. The molecule has 2 atom stereocenters. The number of ketones is 1. The number of fused-ring (bicyclic) bond motifs is 2. The van der Waals surface area contributed by atoms with Gasteiger partial charge in [0.1, 0.15) is 5.78 Å². The number of nitrogens with zero attached hydrogens (tertiary/aromatic N) is 1. The molecule has 0 N–H and O–H groups in total. The molecular formula is C21H27NO4. The molecule has 0 fully saturated rings. The molecule has 0 aromatic heterocycles. The second-order valence-electron chi connectivity index (χ2n) is 7.66. The number of Topliss-reactive ketones (excluding diaryl/α,β-unsaturated/α-hetero) is 1. The van der Waals surface area contributed by atoms with Gasteiger partial charge in [0.05, 0.1) is 7.11 Å². The van der Waals surface area contributed by atoms with Crippen LogP contribution in [0.1, 0.15) is 49.8 Å². The lowest BCUT2D eigenvalue weighted by Gasteiger charge is -2.36. The van der Waals surface area contributed by atoms with E-state index < -0.39 is 0 Å². The maximum absolute atomic E-state index is 13.0. The first-order valence-electron chi connectivity index (χ1n) is 9.46. The summed E-state index contributed by atoms with van der Waals surface area (Å²) in [4.78, 5) is 15.3. The molecule has 4 rings (SSSR count). The van der Waals surface area contributed by atoms with Crippen LogP contribution in [0.5, 0.6) is 17.2 Å². The third kappa shape index (κ3) is 2.98. The van der Waals surface area contributed by atoms with Gasteiger partial charge in [-0.05, 0) is 51.3 Å². The number of rotatable bonds is 4. The molecule has 0 saturated heterocycles. The molecular weight excluding hydrogens is 330 g/mol. The van der Waals surface area contributed by atoms with Crippen molar-refractivity contribution in [2.75, 3.05) is 27.5 Å². The average Bonchev–Trinajstić information content (AvgIpc) is 3.11. The number of ether oxygens (including phenoxy) is 3. The zero-order valence-corrected chi connectivity index (χ0v) is 15.8. The van der Waals surface area contributed by atoms with E-state index >= 15 is 0 Å². The molecule has 5 nitrogen and oxygen atoms in total. The van der Waals surface area contributed by atoms with Gasteiger partial charge >= 0.3 is 0 Å². The SMILES string of the molecule is COc1c2c(cc3c1[C@@H](CC(=O)[C@H]1CC=C(C)CC1)N(C)CC3)OCO2. The molecule has 3 aliphatic rings. The molecule has 0 spiro atoms. The molecule has 0 amide bonds. The van der Waals surface area contributed by atoms with Crippen LogP contribution in [0.4, 0.5) is 0 Å². The van der Waals surface area contributed by atoms with E-state index in [0.29, 0.717) is 18.0 Å². The third-order valence-electron chi connectivity index (χ3n) is 6.03. The summed E-state index contributed by atoms with van der Waals surface area (Å²) in [6.07, 6.45) is 6.57. The Morgan fingerprint density at radius 2 is 2.19 bits per heavy atom. The first-order chi connectivity index (χ1) is 12.6. The van der Waals surface area contributed by atoms with Gasteiger partial charge in [0, 0.05) is 30.5 Å². The van der Waals surface area contributed by atoms with Gasteiger partial charge in [-0.2, -0.15) is 0 Å². The Hall–Kier alpha value is -2.01. The fraction of sp³-hybridized carbons (Fsp3) is 0.571. The summed E-state index contributed by atoms with van der Waals surface area (Å²) in [5, 5.41) is 0. The molecule has 1 aromatic rings. The number of allylic oxidation sites excluding steroid dienone is 2. The summed E-state index contributed by atoms with van der Waals surface area (Å²) in [6, 6.07) is 2.10.